The molecule has 0 fully saturated rings. The van der Waals surface area contributed by atoms with Crippen molar-refractivity contribution in [2.75, 3.05) is 24.1 Å². The Balaban J connectivity index is 1.62. The summed E-state index contributed by atoms with van der Waals surface area (Å²) in [7, 11) is 0. The summed E-state index contributed by atoms with van der Waals surface area (Å²) >= 11 is 0. The summed E-state index contributed by atoms with van der Waals surface area (Å²) < 4.78 is 0. The van der Waals surface area contributed by atoms with E-state index >= 15 is 0 Å². The quantitative estimate of drug-likeness (QED) is 0.174. The standard InChI is InChI=1S/C21H25N9O5/c22-7-8-24-19(34)14(5-6-15(31)32)28-18(33)11-1-3-12(4-2-11)25-9-13-10-26-17-16(27-13)20(35)30-21(23)29-17/h1-4,10,14,25H,5-9,22H2,(H,24,34)(H,28,33)(H,31,32)(H3,23,26,29,30,35). The number of carbonyl (C=O) groups excluding carboxylic acids is 2. The topological polar surface area (TPSA) is 231 Å². The van der Waals surface area contributed by atoms with Crippen LogP contribution in [-0.2, 0) is 16.1 Å². The van der Waals surface area contributed by atoms with Crippen LogP contribution in [0.1, 0.15) is 28.9 Å². The number of carboxylic acid groups (broad SMARTS) is 1. The van der Waals surface area contributed by atoms with Crippen LogP contribution >= 0.6 is 0 Å². The molecule has 2 amide bonds. The van der Waals surface area contributed by atoms with Gasteiger partial charge in [-0.1, -0.05) is 0 Å². The second-order valence-electron chi connectivity index (χ2n) is 7.45. The number of anilines is 2. The fraction of sp³-hybridized carbons (Fsp3) is 0.286. The van der Waals surface area contributed by atoms with Crippen LogP contribution in [0.2, 0.25) is 0 Å². The summed E-state index contributed by atoms with van der Waals surface area (Å²) in [6, 6.07) is 5.39. The lowest BCUT2D eigenvalue weighted by molar-refractivity contribution is -0.137. The zero-order valence-corrected chi connectivity index (χ0v) is 18.6. The van der Waals surface area contributed by atoms with Gasteiger partial charge in [-0.25, -0.2) is 9.97 Å². The Bertz CT molecular complexity index is 1280. The summed E-state index contributed by atoms with van der Waals surface area (Å²) in [5.41, 5.74) is 12.0. The van der Waals surface area contributed by atoms with E-state index in [9.17, 15) is 19.2 Å². The van der Waals surface area contributed by atoms with E-state index in [0.29, 0.717) is 11.4 Å². The molecular weight excluding hydrogens is 458 g/mol. The summed E-state index contributed by atoms with van der Waals surface area (Å²) in [6.07, 6.45) is 1.13. The third-order valence-electron chi connectivity index (χ3n) is 4.82. The van der Waals surface area contributed by atoms with Crippen LogP contribution < -0.4 is 33.0 Å². The molecule has 9 N–H and O–H groups in total. The van der Waals surface area contributed by atoms with E-state index in [0.717, 1.165) is 0 Å². The minimum absolute atomic E-state index is 0.0452. The molecule has 3 rings (SSSR count). The van der Waals surface area contributed by atoms with Crippen molar-refractivity contribution in [2.24, 2.45) is 5.73 Å². The van der Waals surface area contributed by atoms with Gasteiger partial charge < -0.3 is 32.5 Å². The highest BCUT2D eigenvalue weighted by Gasteiger charge is 2.22. The largest absolute Gasteiger partial charge is 0.481 e. The molecular formula is C21H25N9O5. The number of carbonyl (C=O) groups is 3. The van der Waals surface area contributed by atoms with Crippen molar-refractivity contribution in [3.05, 3.63) is 52.1 Å². The molecule has 0 radical (unpaired) electrons. The second-order valence-corrected chi connectivity index (χ2v) is 7.45. The van der Waals surface area contributed by atoms with Crippen LogP contribution in [0.5, 0.6) is 0 Å². The molecule has 0 aliphatic rings. The molecule has 1 unspecified atom stereocenters. The van der Waals surface area contributed by atoms with Gasteiger partial charge in [0, 0.05) is 30.8 Å². The molecule has 35 heavy (non-hydrogen) atoms. The number of aliphatic carboxylic acids is 1. The van der Waals surface area contributed by atoms with Crippen LogP contribution in [-0.4, -0.2) is 62.0 Å². The molecule has 1 aromatic carbocycles. The summed E-state index contributed by atoms with van der Waals surface area (Å²) in [6.45, 7) is 0.669. The van der Waals surface area contributed by atoms with E-state index in [2.05, 4.69) is 35.9 Å². The summed E-state index contributed by atoms with van der Waals surface area (Å²) in [5, 5.41) is 17.1. The van der Waals surface area contributed by atoms with E-state index in [1.807, 2.05) is 0 Å². The molecule has 14 nitrogen and oxygen atoms in total. The first-order chi connectivity index (χ1) is 16.8. The molecule has 0 aliphatic heterocycles. The third-order valence-corrected chi connectivity index (χ3v) is 4.82. The number of hydrogen-bond donors (Lipinski definition) is 7. The predicted octanol–water partition coefficient (Wildman–Crippen LogP) is -1.05. The number of nitrogen functional groups attached to an aromatic ring is 1. The van der Waals surface area contributed by atoms with Crippen molar-refractivity contribution in [2.45, 2.75) is 25.4 Å². The molecule has 2 aromatic heterocycles. The zero-order chi connectivity index (χ0) is 25.4. The SMILES string of the molecule is NCCNC(=O)C(CCC(=O)O)NC(=O)c1ccc(NCc2cnc3nc(N)[nH]c(=O)c3n2)cc1. The number of hydrogen-bond acceptors (Lipinski definition) is 10. The van der Waals surface area contributed by atoms with Gasteiger partial charge in [0.15, 0.2) is 11.2 Å². The summed E-state index contributed by atoms with van der Waals surface area (Å²) in [5.74, 6) is -2.15. The number of amides is 2. The number of H-pyrrole nitrogens is 1. The Morgan fingerprint density at radius 2 is 1.89 bits per heavy atom. The molecule has 2 heterocycles. The van der Waals surface area contributed by atoms with Crippen LogP contribution in [0.15, 0.2) is 35.3 Å². The van der Waals surface area contributed by atoms with Gasteiger partial charge in [0.25, 0.3) is 11.5 Å². The smallest absolute Gasteiger partial charge is 0.303 e. The van der Waals surface area contributed by atoms with Crippen molar-refractivity contribution in [3.63, 3.8) is 0 Å². The lowest BCUT2D eigenvalue weighted by atomic mass is 10.1. The van der Waals surface area contributed by atoms with Gasteiger partial charge in [0.2, 0.25) is 11.9 Å². The number of benzene rings is 1. The Morgan fingerprint density at radius 1 is 1.14 bits per heavy atom. The Labute approximate surface area is 198 Å². The van der Waals surface area contributed by atoms with Crippen molar-refractivity contribution in [3.8, 4) is 0 Å². The van der Waals surface area contributed by atoms with Gasteiger partial charge in [-0.15, -0.1) is 0 Å². The van der Waals surface area contributed by atoms with E-state index in [1.165, 1.54) is 6.20 Å². The van der Waals surface area contributed by atoms with Crippen LogP contribution in [0.25, 0.3) is 11.2 Å². The van der Waals surface area contributed by atoms with Gasteiger partial charge in [-0.05, 0) is 30.7 Å². The first-order valence-electron chi connectivity index (χ1n) is 10.6. The monoisotopic (exact) mass is 483 g/mol. The first-order valence-corrected chi connectivity index (χ1v) is 10.6. The van der Waals surface area contributed by atoms with E-state index in [1.54, 1.807) is 24.3 Å². The Morgan fingerprint density at radius 3 is 2.57 bits per heavy atom. The number of rotatable bonds is 11. The minimum atomic E-state index is -1.08. The molecule has 1 atom stereocenters. The Hall–Kier alpha value is -4.59. The highest BCUT2D eigenvalue weighted by molar-refractivity contribution is 5.97. The van der Waals surface area contributed by atoms with Gasteiger partial charge in [0.1, 0.15) is 6.04 Å². The first kappa shape index (κ1) is 25.0. The van der Waals surface area contributed by atoms with Gasteiger partial charge >= 0.3 is 5.97 Å². The number of aromatic amines is 1. The normalized spacial score (nSPS) is 11.6. The van der Waals surface area contributed by atoms with Crippen molar-refractivity contribution >= 4 is 40.6 Å². The molecule has 0 bridgehead atoms. The van der Waals surface area contributed by atoms with Gasteiger partial charge in [-0.2, -0.15) is 4.98 Å². The second kappa shape index (κ2) is 11.5. The van der Waals surface area contributed by atoms with E-state index in [4.69, 9.17) is 16.6 Å². The lowest BCUT2D eigenvalue weighted by Crippen LogP contribution is -2.48. The van der Waals surface area contributed by atoms with Crippen LogP contribution in [0.3, 0.4) is 0 Å². The highest BCUT2D eigenvalue weighted by atomic mass is 16.4. The highest BCUT2D eigenvalue weighted by Crippen LogP contribution is 2.12. The molecule has 0 saturated carbocycles. The minimum Gasteiger partial charge on any atom is -0.481 e. The molecule has 0 aliphatic carbocycles. The predicted molar refractivity (Wildman–Crippen MR) is 126 cm³/mol. The van der Waals surface area contributed by atoms with Crippen LogP contribution in [0.4, 0.5) is 11.6 Å². The number of carboxylic acids is 1. The van der Waals surface area contributed by atoms with Crippen molar-refractivity contribution < 1.29 is 19.5 Å². The number of fused-ring (bicyclic) bond motifs is 1. The Kier molecular flexibility index (Phi) is 8.24. The molecule has 0 saturated heterocycles. The van der Waals surface area contributed by atoms with E-state index in [-0.39, 0.29) is 55.2 Å². The number of nitrogens with two attached hydrogens (primary N) is 2. The fourth-order valence-corrected chi connectivity index (χ4v) is 3.08. The van der Waals surface area contributed by atoms with Crippen LogP contribution in [0, 0.1) is 0 Å². The average molecular weight is 483 g/mol. The molecule has 0 spiro atoms. The average Bonchev–Trinajstić information content (AvgIpc) is 2.83. The zero-order valence-electron chi connectivity index (χ0n) is 18.6. The summed E-state index contributed by atoms with van der Waals surface area (Å²) in [4.78, 5) is 62.3. The van der Waals surface area contributed by atoms with E-state index < -0.39 is 29.4 Å². The van der Waals surface area contributed by atoms with Crippen molar-refractivity contribution in [1.29, 1.82) is 0 Å². The lowest BCUT2D eigenvalue weighted by Gasteiger charge is -2.18. The van der Waals surface area contributed by atoms with Gasteiger partial charge in [-0.3, -0.25) is 24.2 Å². The number of aromatic nitrogens is 4. The maximum absolute atomic E-state index is 12.6. The fourth-order valence-electron chi connectivity index (χ4n) is 3.08. The van der Waals surface area contributed by atoms with Gasteiger partial charge in [0.05, 0.1) is 18.4 Å². The molecule has 3 aromatic rings. The maximum atomic E-state index is 12.6. The molecule has 184 valence electrons. The molecule has 14 heteroatoms. The number of nitrogens with zero attached hydrogens (tertiary/aromatic N) is 3. The van der Waals surface area contributed by atoms with Crippen molar-refractivity contribution in [1.82, 2.24) is 30.6 Å². The third kappa shape index (κ3) is 6.94. The maximum Gasteiger partial charge on any atom is 0.303 e. The number of nitrogens with one attached hydrogen (secondary N) is 4.